The quantitative estimate of drug-likeness (QED) is 0.806. The van der Waals surface area contributed by atoms with E-state index in [9.17, 15) is 9.59 Å². The van der Waals surface area contributed by atoms with Gasteiger partial charge in [0.05, 0.1) is 19.3 Å². The van der Waals surface area contributed by atoms with Crippen molar-refractivity contribution in [3.63, 3.8) is 0 Å². The van der Waals surface area contributed by atoms with Crippen molar-refractivity contribution in [1.82, 2.24) is 5.32 Å². The molecule has 2 atom stereocenters. The zero-order chi connectivity index (χ0) is 17.0. The van der Waals surface area contributed by atoms with Gasteiger partial charge in [-0.2, -0.15) is 0 Å². The number of ether oxygens (including phenoxy) is 2. The maximum absolute atomic E-state index is 12.4. The van der Waals surface area contributed by atoms with E-state index in [-0.39, 0.29) is 17.8 Å². The molecule has 5 nitrogen and oxygen atoms in total. The van der Waals surface area contributed by atoms with Gasteiger partial charge in [-0.1, -0.05) is 19.4 Å². The molecule has 0 aromatic heterocycles. The minimum Gasteiger partial charge on any atom is -0.493 e. The molecular formula is C18H27NO4. The molecule has 1 fully saturated rings. The molecule has 23 heavy (non-hydrogen) atoms. The summed E-state index contributed by atoms with van der Waals surface area (Å²) in [5.41, 5.74) is -0.0992. The summed E-state index contributed by atoms with van der Waals surface area (Å²) in [4.78, 5) is 24.2. The summed E-state index contributed by atoms with van der Waals surface area (Å²) < 4.78 is 10.7. The van der Waals surface area contributed by atoms with Gasteiger partial charge in [-0.15, -0.1) is 0 Å². The average molecular weight is 321 g/mol. The zero-order valence-electron chi connectivity index (χ0n) is 14.5. The fraction of sp³-hybridized carbons (Fsp3) is 0.667. The van der Waals surface area contributed by atoms with Crippen LogP contribution in [0.25, 0.3) is 0 Å². The Kier molecular flexibility index (Phi) is 5.63. The smallest absolute Gasteiger partial charge is 0.325 e. The van der Waals surface area contributed by atoms with E-state index < -0.39 is 5.54 Å². The van der Waals surface area contributed by atoms with E-state index >= 15 is 0 Å². The van der Waals surface area contributed by atoms with Gasteiger partial charge in [0.15, 0.2) is 5.78 Å². The molecule has 1 heterocycles. The Balaban J connectivity index is 2.10. The Bertz CT molecular complexity index is 533. The van der Waals surface area contributed by atoms with Gasteiger partial charge in [0.25, 0.3) is 0 Å². The molecule has 5 heteroatoms. The van der Waals surface area contributed by atoms with Crippen LogP contribution < -0.4 is 5.32 Å². The number of esters is 1. The van der Waals surface area contributed by atoms with Crippen LogP contribution in [0.4, 0.5) is 0 Å². The second-order valence-electron chi connectivity index (χ2n) is 6.79. The molecule has 1 unspecified atom stereocenters. The predicted octanol–water partition coefficient (Wildman–Crippen LogP) is 2.52. The molecule has 1 aliphatic heterocycles. The molecular weight excluding hydrogens is 294 g/mol. The Labute approximate surface area is 138 Å². The number of methoxy groups -OCH3 is 1. The average Bonchev–Trinajstić information content (AvgIpc) is 2.50. The highest BCUT2D eigenvalue weighted by Gasteiger charge is 2.33. The summed E-state index contributed by atoms with van der Waals surface area (Å²) in [7, 11) is 1.38. The molecule has 128 valence electrons. The highest BCUT2D eigenvalue weighted by atomic mass is 16.5. The van der Waals surface area contributed by atoms with Crippen molar-refractivity contribution in [3.8, 4) is 0 Å². The molecule has 1 aliphatic carbocycles. The summed E-state index contributed by atoms with van der Waals surface area (Å²) in [6.07, 6.45) is 7.00. The Morgan fingerprint density at radius 2 is 2.22 bits per heavy atom. The fourth-order valence-corrected chi connectivity index (χ4v) is 3.10. The summed E-state index contributed by atoms with van der Waals surface area (Å²) in [6.45, 7) is 6.31. The first-order valence-electron chi connectivity index (χ1n) is 8.31. The number of allylic oxidation sites excluding steroid dienone is 1. The number of ketones is 1. The van der Waals surface area contributed by atoms with E-state index in [2.05, 4.69) is 12.2 Å². The molecule has 0 aromatic carbocycles. The number of Topliss-reactive ketones (excluding diaryl/α,β-unsaturated/α-hetero) is 1. The number of carbonyl (C=O) groups excluding carboxylic acids is 2. The largest absolute Gasteiger partial charge is 0.493 e. The van der Waals surface area contributed by atoms with Crippen LogP contribution in [0.2, 0.25) is 0 Å². The van der Waals surface area contributed by atoms with Crippen molar-refractivity contribution in [3.05, 3.63) is 23.5 Å². The molecule has 0 aromatic rings. The molecule has 0 radical (unpaired) electrons. The van der Waals surface area contributed by atoms with Gasteiger partial charge in [0.2, 0.25) is 0 Å². The maximum atomic E-state index is 12.4. The number of rotatable bonds is 4. The van der Waals surface area contributed by atoms with Crippen molar-refractivity contribution >= 4 is 11.8 Å². The van der Waals surface area contributed by atoms with Crippen LogP contribution in [-0.4, -0.2) is 37.0 Å². The fourth-order valence-electron chi connectivity index (χ4n) is 3.10. The third-order valence-corrected chi connectivity index (χ3v) is 4.57. The topological polar surface area (TPSA) is 64.6 Å². The van der Waals surface area contributed by atoms with Gasteiger partial charge < -0.3 is 9.47 Å². The third-order valence-electron chi connectivity index (χ3n) is 4.57. The number of hydrogen-bond donors (Lipinski definition) is 1. The minimum absolute atomic E-state index is 0.0583. The monoisotopic (exact) mass is 321 g/mol. The van der Waals surface area contributed by atoms with Crippen molar-refractivity contribution in [2.45, 2.75) is 58.0 Å². The molecule has 0 bridgehead atoms. The van der Waals surface area contributed by atoms with Crippen molar-refractivity contribution < 1.29 is 19.1 Å². The van der Waals surface area contributed by atoms with Gasteiger partial charge in [0.1, 0.15) is 11.3 Å². The minimum atomic E-state index is -0.791. The van der Waals surface area contributed by atoms with Gasteiger partial charge in [-0.05, 0) is 38.7 Å². The zero-order valence-corrected chi connectivity index (χ0v) is 14.5. The first-order valence-corrected chi connectivity index (χ1v) is 8.31. The lowest BCUT2D eigenvalue weighted by Crippen LogP contribution is -2.52. The van der Waals surface area contributed by atoms with E-state index in [0.717, 1.165) is 12.8 Å². The lowest BCUT2D eigenvalue weighted by Gasteiger charge is -2.31. The van der Waals surface area contributed by atoms with E-state index in [1.165, 1.54) is 7.11 Å². The Hall–Kier alpha value is -1.62. The van der Waals surface area contributed by atoms with Crippen LogP contribution in [0, 0.1) is 5.92 Å². The van der Waals surface area contributed by atoms with Crippen molar-refractivity contribution in [2.24, 2.45) is 5.92 Å². The lowest BCUT2D eigenvalue weighted by molar-refractivity contribution is -0.147. The van der Waals surface area contributed by atoms with E-state index in [1.807, 2.05) is 12.2 Å². The molecule has 1 N–H and O–H groups in total. The second-order valence-corrected chi connectivity index (χ2v) is 6.79. The van der Waals surface area contributed by atoms with Gasteiger partial charge >= 0.3 is 5.97 Å². The van der Waals surface area contributed by atoms with Crippen LogP contribution in [-0.2, 0) is 19.1 Å². The highest BCUT2D eigenvalue weighted by Crippen LogP contribution is 2.29. The Morgan fingerprint density at radius 1 is 1.48 bits per heavy atom. The van der Waals surface area contributed by atoms with Crippen LogP contribution in [0.15, 0.2) is 23.5 Å². The summed E-state index contributed by atoms with van der Waals surface area (Å²) in [5.74, 6) is 0.896. The second kappa shape index (κ2) is 7.30. The van der Waals surface area contributed by atoms with Gasteiger partial charge in [0, 0.05) is 12.5 Å². The van der Waals surface area contributed by atoms with Crippen molar-refractivity contribution in [2.75, 3.05) is 13.7 Å². The van der Waals surface area contributed by atoms with Crippen LogP contribution in [0.3, 0.4) is 0 Å². The van der Waals surface area contributed by atoms with E-state index in [1.54, 1.807) is 13.8 Å². The molecule has 0 saturated carbocycles. The Morgan fingerprint density at radius 3 is 2.87 bits per heavy atom. The van der Waals surface area contributed by atoms with Crippen molar-refractivity contribution in [1.29, 1.82) is 0 Å². The van der Waals surface area contributed by atoms with E-state index in [4.69, 9.17) is 9.47 Å². The first-order chi connectivity index (χ1) is 10.9. The summed E-state index contributed by atoms with van der Waals surface area (Å²) >= 11 is 0. The third kappa shape index (κ3) is 4.22. The predicted molar refractivity (Wildman–Crippen MR) is 87.8 cm³/mol. The molecule has 0 spiro atoms. The summed E-state index contributed by atoms with van der Waals surface area (Å²) in [6, 6.07) is -0.0583. The number of nitrogens with one attached hydrogen (secondary N) is 1. The molecule has 2 aliphatic rings. The first kappa shape index (κ1) is 17.7. The maximum Gasteiger partial charge on any atom is 0.325 e. The van der Waals surface area contributed by atoms with Crippen LogP contribution in [0.1, 0.15) is 46.5 Å². The van der Waals surface area contributed by atoms with Gasteiger partial charge in [-0.3, -0.25) is 14.9 Å². The molecule has 2 rings (SSSR count). The van der Waals surface area contributed by atoms with Crippen LogP contribution >= 0.6 is 0 Å². The lowest BCUT2D eigenvalue weighted by atomic mass is 9.88. The van der Waals surface area contributed by atoms with Crippen LogP contribution in [0.5, 0.6) is 0 Å². The highest BCUT2D eigenvalue weighted by molar-refractivity contribution is 5.99. The van der Waals surface area contributed by atoms with E-state index in [0.29, 0.717) is 36.7 Å². The van der Waals surface area contributed by atoms with Gasteiger partial charge in [-0.25, -0.2) is 0 Å². The SMILES string of the molecule is CC[C@@H]1CCOC2=CC(NC(C)(C)C(=O)OC)CC=C2C(=O)C1. The standard InChI is InChI=1S/C18H27NO4/c1-5-12-8-9-23-16-11-13(6-7-14(16)15(20)10-12)19-18(2,3)17(21)22-4/h7,11-13,19H,5-6,8-10H2,1-4H3/t12-,13?/m1/s1. The normalized spacial score (nSPS) is 25.3. The number of hydrogen-bond acceptors (Lipinski definition) is 5. The molecule has 0 amide bonds. The number of fused-ring (bicyclic) bond motifs is 1. The number of carbonyl (C=O) groups is 2. The molecule has 1 saturated heterocycles. The summed E-state index contributed by atoms with van der Waals surface area (Å²) in [5, 5.41) is 3.26.